The van der Waals surface area contributed by atoms with E-state index in [0.29, 0.717) is 5.69 Å². The lowest BCUT2D eigenvalue weighted by molar-refractivity contribution is 0.390. The minimum atomic E-state index is -3.68. The highest BCUT2D eigenvalue weighted by molar-refractivity contribution is 7.89. The van der Waals surface area contributed by atoms with Crippen molar-refractivity contribution in [1.29, 1.82) is 0 Å². The maximum absolute atomic E-state index is 12.5. The first-order chi connectivity index (χ1) is 12.3. The van der Waals surface area contributed by atoms with Crippen LogP contribution in [0.25, 0.3) is 0 Å². The predicted octanol–water partition coefficient (Wildman–Crippen LogP) is 3.43. The number of hydrogen-bond acceptors (Lipinski definition) is 6. The van der Waals surface area contributed by atoms with Gasteiger partial charge in [-0.15, -0.1) is 11.3 Å². The molecule has 1 aromatic carbocycles. The fourth-order valence-corrected chi connectivity index (χ4v) is 5.15. The molecule has 0 fully saturated rings. The van der Waals surface area contributed by atoms with Crippen molar-refractivity contribution in [2.24, 2.45) is 0 Å². The number of nitrogens with zero attached hydrogens (tertiary/aromatic N) is 2. The van der Waals surface area contributed by atoms with E-state index in [4.69, 9.17) is 4.52 Å². The van der Waals surface area contributed by atoms with Gasteiger partial charge >= 0.3 is 0 Å². The third kappa shape index (κ3) is 4.03. The summed E-state index contributed by atoms with van der Waals surface area (Å²) in [5.41, 5.74) is 3.72. The van der Waals surface area contributed by atoms with Crippen molar-refractivity contribution in [3.63, 3.8) is 0 Å². The zero-order valence-corrected chi connectivity index (χ0v) is 16.8. The monoisotopic (exact) mass is 391 g/mol. The van der Waals surface area contributed by atoms with Crippen molar-refractivity contribution in [1.82, 2.24) is 14.9 Å². The summed E-state index contributed by atoms with van der Waals surface area (Å²) in [5, 5.41) is 4.44. The Labute approximate surface area is 157 Å². The molecule has 2 aromatic heterocycles. The van der Waals surface area contributed by atoms with Crippen LogP contribution in [0.2, 0.25) is 0 Å². The third-order valence-electron chi connectivity index (χ3n) is 4.07. The molecule has 0 aliphatic carbocycles. The molecule has 138 valence electrons. The summed E-state index contributed by atoms with van der Waals surface area (Å²) >= 11 is 1.53. The Bertz CT molecular complexity index is 999. The van der Waals surface area contributed by atoms with Gasteiger partial charge in [0.05, 0.1) is 12.2 Å². The highest BCUT2D eigenvalue weighted by atomic mass is 32.2. The molecule has 0 saturated carbocycles. The van der Waals surface area contributed by atoms with E-state index < -0.39 is 10.0 Å². The quantitative estimate of drug-likeness (QED) is 0.696. The second kappa shape index (κ2) is 7.30. The Balaban J connectivity index is 1.72. The summed E-state index contributed by atoms with van der Waals surface area (Å²) in [6, 6.07) is 8.39. The SMILES string of the molecule is Cc1ccc(Cc2sc(CNS(=O)(=O)c3c(C)noc3C)nc2C)cc1. The van der Waals surface area contributed by atoms with Crippen molar-refractivity contribution < 1.29 is 12.9 Å². The first-order valence-corrected chi connectivity index (χ1v) is 10.5. The first kappa shape index (κ1) is 18.8. The fourth-order valence-electron chi connectivity index (χ4n) is 2.71. The molecule has 0 saturated heterocycles. The minimum absolute atomic E-state index is 0.102. The second-order valence-corrected chi connectivity index (χ2v) is 9.13. The maximum Gasteiger partial charge on any atom is 0.246 e. The molecule has 0 unspecified atom stereocenters. The van der Waals surface area contributed by atoms with Crippen molar-refractivity contribution >= 4 is 21.4 Å². The van der Waals surface area contributed by atoms with Gasteiger partial charge in [-0.1, -0.05) is 35.0 Å². The lowest BCUT2D eigenvalue weighted by Crippen LogP contribution is -2.24. The molecule has 0 radical (unpaired) electrons. The van der Waals surface area contributed by atoms with Crippen molar-refractivity contribution in [3.05, 3.63) is 62.4 Å². The molecule has 26 heavy (non-hydrogen) atoms. The molecule has 0 aliphatic rings. The Kier molecular flexibility index (Phi) is 5.27. The number of sulfonamides is 1. The minimum Gasteiger partial charge on any atom is -0.360 e. The van der Waals surface area contributed by atoms with Crippen LogP contribution < -0.4 is 4.72 Å². The highest BCUT2D eigenvalue weighted by Gasteiger charge is 2.24. The molecule has 1 N–H and O–H groups in total. The van der Waals surface area contributed by atoms with E-state index in [1.807, 2.05) is 6.92 Å². The van der Waals surface area contributed by atoms with Gasteiger partial charge in [-0.05, 0) is 33.3 Å². The third-order valence-corrected chi connectivity index (χ3v) is 6.87. The zero-order valence-electron chi connectivity index (χ0n) is 15.2. The van der Waals surface area contributed by atoms with E-state index in [1.54, 1.807) is 13.8 Å². The van der Waals surface area contributed by atoms with Crippen molar-refractivity contribution in [2.45, 2.75) is 45.6 Å². The largest absolute Gasteiger partial charge is 0.360 e. The second-order valence-electron chi connectivity index (χ2n) is 6.26. The molecule has 0 atom stereocenters. The number of benzene rings is 1. The van der Waals surface area contributed by atoms with Crippen LogP contribution in [0.1, 0.15) is 38.2 Å². The number of hydrogen-bond donors (Lipinski definition) is 1. The Morgan fingerprint density at radius 2 is 1.77 bits per heavy atom. The number of rotatable bonds is 6. The van der Waals surface area contributed by atoms with Crippen LogP contribution in [0.4, 0.5) is 0 Å². The standard InChI is InChI=1S/C18H21N3O3S2/c1-11-5-7-15(8-6-11)9-16-12(2)20-17(25-16)10-19-26(22,23)18-13(3)21-24-14(18)4/h5-8,19H,9-10H2,1-4H3. The van der Waals surface area contributed by atoms with Crippen LogP contribution in [0.5, 0.6) is 0 Å². The normalized spacial score (nSPS) is 11.8. The summed E-state index contributed by atoms with van der Waals surface area (Å²) in [4.78, 5) is 5.75. The Hall–Kier alpha value is -2.03. The summed E-state index contributed by atoms with van der Waals surface area (Å²) in [5.74, 6) is 0.283. The Morgan fingerprint density at radius 3 is 2.38 bits per heavy atom. The molecule has 0 bridgehead atoms. The van der Waals surface area contributed by atoms with Gasteiger partial charge in [0.15, 0.2) is 5.76 Å². The molecule has 2 heterocycles. The van der Waals surface area contributed by atoms with Gasteiger partial charge < -0.3 is 4.52 Å². The van der Waals surface area contributed by atoms with E-state index in [-0.39, 0.29) is 17.2 Å². The van der Waals surface area contributed by atoms with Crippen LogP contribution in [-0.2, 0) is 23.0 Å². The average Bonchev–Trinajstić information content (AvgIpc) is 3.10. The van der Waals surface area contributed by atoms with Gasteiger partial charge in [-0.25, -0.2) is 18.1 Å². The number of aromatic nitrogens is 2. The first-order valence-electron chi connectivity index (χ1n) is 8.19. The summed E-state index contributed by atoms with van der Waals surface area (Å²) < 4.78 is 32.5. The van der Waals surface area contributed by atoms with E-state index >= 15 is 0 Å². The topological polar surface area (TPSA) is 85.1 Å². The maximum atomic E-state index is 12.5. The molecule has 3 rings (SSSR count). The van der Waals surface area contributed by atoms with Crippen LogP contribution in [0.3, 0.4) is 0 Å². The van der Waals surface area contributed by atoms with Crippen molar-refractivity contribution in [2.75, 3.05) is 0 Å². The fraction of sp³-hybridized carbons (Fsp3) is 0.333. The van der Waals surface area contributed by atoms with Gasteiger partial charge in [0.25, 0.3) is 0 Å². The van der Waals surface area contributed by atoms with E-state index in [2.05, 4.69) is 46.1 Å². The summed E-state index contributed by atoms with van der Waals surface area (Å²) in [7, 11) is -3.68. The van der Waals surface area contributed by atoms with Crippen molar-refractivity contribution in [3.8, 4) is 0 Å². The number of thiazole rings is 1. The van der Waals surface area contributed by atoms with E-state index in [1.165, 1.54) is 22.5 Å². The van der Waals surface area contributed by atoms with Crippen LogP contribution >= 0.6 is 11.3 Å². The average molecular weight is 392 g/mol. The molecular weight excluding hydrogens is 370 g/mol. The lowest BCUT2D eigenvalue weighted by Gasteiger charge is -2.04. The van der Waals surface area contributed by atoms with Crippen LogP contribution in [0, 0.1) is 27.7 Å². The van der Waals surface area contributed by atoms with Gasteiger partial charge in [0.2, 0.25) is 10.0 Å². The van der Waals surface area contributed by atoms with Crippen LogP contribution in [0.15, 0.2) is 33.7 Å². The highest BCUT2D eigenvalue weighted by Crippen LogP contribution is 2.23. The molecule has 0 amide bonds. The van der Waals surface area contributed by atoms with Crippen LogP contribution in [-0.4, -0.2) is 18.6 Å². The molecule has 6 nitrogen and oxygen atoms in total. The molecule has 0 spiro atoms. The molecular formula is C18H21N3O3S2. The Morgan fingerprint density at radius 1 is 1.08 bits per heavy atom. The molecule has 3 aromatic rings. The van der Waals surface area contributed by atoms with E-state index in [9.17, 15) is 8.42 Å². The van der Waals surface area contributed by atoms with Gasteiger partial charge in [0, 0.05) is 11.3 Å². The lowest BCUT2D eigenvalue weighted by atomic mass is 10.1. The molecule has 0 aliphatic heterocycles. The predicted molar refractivity (Wildman–Crippen MR) is 101 cm³/mol. The van der Waals surface area contributed by atoms with Gasteiger partial charge in [-0.2, -0.15) is 0 Å². The molecule has 8 heteroatoms. The smallest absolute Gasteiger partial charge is 0.246 e. The van der Waals surface area contributed by atoms with Gasteiger partial charge in [-0.3, -0.25) is 0 Å². The zero-order chi connectivity index (χ0) is 18.9. The van der Waals surface area contributed by atoms with Gasteiger partial charge in [0.1, 0.15) is 15.6 Å². The number of nitrogens with one attached hydrogen (secondary N) is 1. The summed E-state index contributed by atoms with van der Waals surface area (Å²) in [6.45, 7) is 7.35. The summed E-state index contributed by atoms with van der Waals surface area (Å²) in [6.07, 6.45) is 0.792. The van der Waals surface area contributed by atoms with E-state index in [0.717, 1.165) is 22.0 Å². The number of aryl methyl sites for hydroxylation is 4.